The van der Waals surface area contributed by atoms with Crippen LogP contribution in [0.5, 0.6) is 0 Å². The molecule has 2 unspecified atom stereocenters. The molecule has 1 saturated carbocycles. The summed E-state index contributed by atoms with van der Waals surface area (Å²) >= 11 is 0. The first-order valence-electron chi connectivity index (χ1n) is 3.59. The summed E-state index contributed by atoms with van der Waals surface area (Å²) in [5.41, 5.74) is 0. The maximum absolute atomic E-state index is 10.8. The maximum atomic E-state index is 10.8. The average molecular weight is 157 g/mol. The molecule has 1 fully saturated rings. The molecule has 1 rings (SSSR count). The Kier molecular flexibility index (Phi) is 2.36. The van der Waals surface area contributed by atoms with Crippen molar-refractivity contribution in [1.82, 2.24) is 5.32 Å². The van der Waals surface area contributed by atoms with Crippen LogP contribution < -0.4 is 5.32 Å². The standard InChI is InChI=1S/C7H11NO3/c1-3-11-7-4(8-2)5(9)6(7)10/h4,7-8H,3H2,1-2H3. The van der Waals surface area contributed by atoms with Crippen LogP contribution >= 0.6 is 0 Å². The lowest BCUT2D eigenvalue weighted by Crippen LogP contribution is -2.64. The minimum Gasteiger partial charge on any atom is -0.368 e. The summed E-state index contributed by atoms with van der Waals surface area (Å²) in [7, 11) is 1.64. The third-order valence-electron chi connectivity index (χ3n) is 1.74. The van der Waals surface area contributed by atoms with E-state index in [9.17, 15) is 9.59 Å². The first-order valence-corrected chi connectivity index (χ1v) is 3.59. The second kappa shape index (κ2) is 3.11. The van der Waals surface area contributed by atoms with Gasteiger partial charge in [-0.05, 0) is 14.0 Å². The van der Waals surface area contributed by atoms with Gasteiger partial charge in [0.1, 0.15) is 12.1 Å². The predicted molar refractivity (Wildman–Crippen MR) is 38.3 cm³/mol. The molecule has 0 aromatic heterocycles. The fraction of sp³-hybridized carbons (Fsp3) is 0.714. The zero-order chi connectivity index (χ0) is 8.43. The van der Waals surface area contributed by atoms with Crippen molar-refractivity contribution < 1.29 is 14.3 Å². The van der Waals surface area contributed by atoms with Gasteiger partial charge in [-0.1, -0.05) is 0 Å². The predicted octanol–water partition coefficient (Wildman–Crippen LogP) is -0.869. The minimum atomic E-state index is -0.544. The molecular weight excluding hydrogens is 146 g/mol. The fourth-order valence-electron chi connectivity index (χ4n) is 1.12. The van der Waals surface area contributed by atoms with Gasteiger partial charge >= 0.3 is 0 Å². The van der Waals surface area contributed by atoms with E-state index in [0.717, 1.165) is 0 Å². The lowest BCUT2D eigenvalue weighted by atomic mass is 9.86. The molecule has 1 aliphatic carbocycles. The van der Waals surface area contributed by atoms with Crippen molar-refractivity contribution in [3.63, 3.8) is 0 Å². The van der Waals surface area contributed by atoms with Crippen LogP contribution in [-0.2, 0) is 14.3 Å². The lowest BCUT2D eigenvalue weighted by Gasteiger charge is -2.31. The monoisotopic (exact) mass is 157 g/mol. The van der Waals surface area contributed by atoms with Crippen LogP contribution in [0.3, 0.4) is 0 Å². The largest absolute Gasteiger partial charge is 0.368 e. The van der Waals surface area contributed by atoms with Crippen molar-refractivity contribution in [2.24, 2.45) is 0 Å². The molecular formula is C7H11NO3. The number of carbonyl (C=O) groups is 2. The van der Waals surface area contributed by atoms with Crippen LogP contribution in [-0.4, -0.2) is 37.4 Å². The Morgan fingerprint density at radius 1 is 1.45 bits per heavy atom. The zero-order valence-corrected chi connectivity index (χ0v) is 6.59. The van der Waals surface area contributed by atoms with Crippen LogP contribution in [0.1, 0.15) is 6.92 Å². The van der Waals surface area contributed by atoms with E-state index in [1.54, 1.807) is 14.0 Å². The van der Waals surface area contributed by atoms with E-state index in [0.29, 0.717) is 6.61 Å². The fourth-order valence-corrected chi connectivity index (χ4v) is 1.12. The van der Waals surface area contributed by atoms with Crippen molar-refractivity contribution in [1.29, 1.82) is 0 Å². The van der Waals surface area contributed by atoms with Crippen molar-refractivity contribution in [2.75, 3.05) is 13.7 Å². The molecule has 0 aliphatic heterocycles. The third-order valence-corrected chi connectivity index (χ3v) is 1.74. The van der Waals surface area contributed by atoms with Gasteiger partial charge in [0.25, 0.3) is 0 Å². The number of ketones is 2. The van der Waals surface area contributed by atoms with Crippen LogP contribution in [0.2, 0.25) is 0 Å². The van der Waals surface area contributed by atoms with Gasteiger partial charge in [0.2, 0.25) is 11.6 Å². The van der Waals surface area contributed by atoms with Gasteiger partial charge in [0, 0.05) is 6.61 Å². The number of ether oxygens (including phenoxy) is 1. The van der Waals surface area contributed by atoms with E-state index in [-0.39, 0.29) is 5.78 Å². The van der Waals surface area contributed by atoms with Crippen LogP contribution in [0, 0.1) is 0 Å². The summed E-state index contributed by atoms with van der Waals surface area (Å²) in [6.45, 7) is 2.25. The summed E-state index contributed by atoms with van der Waals surface area (Å²) in [4.78, 5) is 21.6. The van der Waals surface area contributed by atoms with Gasteiger partial charge in [-0.15, -0.1) is 0 Å². The Morgan fingerprint density at radius 2 is 2.09 bits per heavy atom. The molecule has 0 radical (unpaired) electrons. The Bertz CT molecular complexity index is 190. The minimum absolute atomic E-state index is 0.369. The average Bonchev–Trinajstić information content (AvgIpc) is 2.04. The molecule has 0 saturated heterocycles. The molecule has 4 nitrogen and oxygen atoms in total. The summed E-state index contributed by atoms with van der Waals surface area (Å²) in [6.07, 6.45) is -0.544. The van der Waals surface area contributed by atoms with Crippen LogP contribution in [0.25, 0.3) is 0 Å². The van der Waals surface area contributed by atoms with Crippen LogP contribution in [0.4, 0.5) is 0 Å². The molecule has 0 spiro atoms. The van der Waals surface area contributed by atoms with Gasteiger partial charge in [-0.2, -0.15) is 0 Å². The van der Waals surface area contributed by atoms with Gasteiger partial charge in [0.05, 0.1) is 0 Å². The molecule has 0 aromatic carbocycles. The van der Waals surface area contributed by atoms with E-state index < -0.39 is 17.9 Å². The summed E-state index contributed by atoms with van der Waals surface area (Å²) in [6, 6.07) is -0.414. The Morgan fingerprint density at radius 3 is 2.55 bits per heavy atom. The number of rotatable bonds is 3. The second-order valence-corrected chi connectivity index (χ2v) is 2.37. The molecule has 4 heteroatoms. The Hall–Kier alpha value is -0.740. The molecule has 0 bridgehead atoms. The van der Waals surface area contributed by atoms with Crippen molar-refractivity contribution in [3.8, 4) is 0 Å². The van der Waals surface area contributed by atoms with Gasteiger partial charge in [0.15, 0.2) is 0 Å². The van der Waals surface area contributed by atoms with Gasteiger partial charge in [-0.3, -0.25) is 9.59 Å². The van der Waals surface area contributed by atoms with Gasteiger partial charge < -0.3 is 10.1 Å². The highest BCUT2D eigenvalue weighted by atomic mass is 16.5. The molecule has 0 amide bonds. The molecule has 0 aromatic rings. The number of Topliss-reactive ketones (excluding diaryl/α,β-unsaturated/α-hetero) is 2. The number of hydrogen-bond acceptors (Lipinski definition) is 4. The SMILES string of the molecule is CCOC1C(=O)C(=O)C1NC. The first-order chi connectivity index (χ1) is 5.22. The van der Waals surface area contributed by atoms with Gasteiger partial charge in [-0.25, -0.2) is 0 Å². The second-order valence-electron chi connectivity index (χ2n) is 2.37. The van der Waals surface area contributed by atoms with Crippen LogP contribution in [0.15, 0.2) is 0 Å². The third kappa shape index (κ3) is 1.19. The Balaban J connectivity index is 2.53. The first kappa shape index (κ1) is 8.36. The molecule has 1 aliphatic rings. The summed E-state index contributed by atoms with van der Waals surface area (Å²) in [5.74, 6) is -0.780. The number of hydrogen-bond donors (Lipinski definition) is 1. The zero-order valence-electron chi connectivity index (χ0n) is 6.59. The summed E-state index contributed by atoms with van der Waals surface area (Å²) < 4.78 is 5.03. The number of nitrogens with one attached hydrogen (secondary N) is 1. The highest BCUT2D eigenvalue weighted by Gasteiger charge is 2.48. The van der Waals surface area contributed by atoms with Crippen molar-refractivity contribution in [2.45, 2.75) is 19.1 Å². The van der Waals surface area contributed by atoms with E-state index in [1.807, 2.05) is 0 Å². The van der Waals surface area contributed by atoms with E-state index >= 15 is 0 Å². The highest BCUT2D eigenvalue weighted by molar-refractivity contribution is 6.48. The molecule has 0 heterocycles. The van der Waals surface area contributed by atoms with Crippen molar-refractivity contribution in [3.05, 3.63) is 0 Å². The normalized spacial score (nSPS) is 30.4. The number of likely N-dealkylation sites (N-methyl/N-ethyl adjacent to an activating group) is 1. The summed E-state index contributed by atoms with van der Waals surface area (Å²) in [5, 5.41) is 2.72. The maximum Gasteiger partial charge on any atom is 0.230 e. The van der Waals surface area contributed by atoms with E-state index in [2.05, 4.69) is 5.32 Å². The van der Waals surface area contributed by atoms with E-state index in [1.165, 1.54) is 0 Å². The van der Waals surface area contributed by atoms with Crippen molar-refractivity contribution >= 4 is 11.6 Å². The lowest BCUT2D eigenvalue weighted by molar-refractivity contribution is -0.158. The quantitative estimate of drug-likeness (QED) is 0.541. The number of carbonyl (C=O) groups excluding carboxylic acids is 2. The Labute approximate surface area is 64.9 Å². The molecule has 2 atom stereocenters. The topological polar surface area (TPSA) is 55.4 Å². The highest BCUT2D eigenvalue weighted by Crippen LogP contribution is 2.14. The molecule has 62 valence electrons. The molecule has 1 N–H and O–H groups in total. The molecule has 11 heavy (non-hydrogen) atoms. The smallest absolute Gasteiger partial charge is 0.230 e. The van der Waals surface area contributed by atoms with E-state index in [4.69, 9.17) is 4.74 Å².